The summed E-state index contributed by atoms with van der Waals surface area (Å²) in [7, 11) is 0. The number of hydrogen-bond donors (Lipinski definition) is 0. The van der Waals surface area contributed by atoms with E-state index in [2.05, 4.69) is 4.98 Å². The second-order valence-electron chi connectivity index (χ2n) is 3.39. The highest BCUT2D eigenvalue weighted by molar-refractivity contribution is 6.10. The van der Waals surface area contributed by atoms with Crippen LogP contribution in [0.5, 0.6) is 0 Å². The Morgan fingerprint density at radius 1 is 1.07 bits per heavy atom. The van der Waals surface area contributed by atoms with Gasteiger partial charge in [0.15, 0.2) is 0 Å². The van der Waals surface area contributed by atoms with Crippen LogP contribution in [0.2, 0.25) is 0 Å². The van der Waals surface area contributed by atoms with Gasteiger partial charge in [-0.1, -0.05) is 18.2 Å². The van der Waals surface area contributed by atoms with E-state index in [0.29, 0.717) is 0 Å². The van der Waals surface area contributed by atoms with E-state index in [1.165, 1.54) is 0 Å². The molecular formula is C12H8N2O. The standard InChI is InChI=1S/C12H8N2O/c15-8-14-11-4-2-1-3-9(11)10-5-6-13-7-12(10)14/h1-8H. The van der Waals surface area contributed by atoms with Crippen LogP contribution >= 0.6 is 0 Å². The van der Waals surface area contributed by atoms with Crippen molar-refractivity contribution in [2.24, 2.45) is 0 Å². The predicted molar refractivity (Wildman–Crippen MR) is 59.4 cm³/mol. The first kappa shape index (κ1) is 8.17. The first-order valence-corrected chi connectivity index (χ1v) is 4.70. The molecule has 0 atom stereocenters. The third-order valence-corrected chi connectivity index (χ3v) is 2.62. The van der Waals surface area contributed by atoms with Gasteiger partial charge in [-0.15, -0.1) is 0 Å². The third kappa shape index (κ3) is 1.00. The molecule has 0 amide bonds. The molecule has 0 unspecified atom stereocenters. The normalized spacial score (nSPS) is 10.9. The Morgan fingerprint density at radius 3 is 2.73 bits per heavy atom. The van der Waals surface area contributed by atoms with E-state index >= 15 is 0 Å². The molecule has 2 aromatic heterocycles. The minimum atomic E-state index is 0.826. The highest BCUT2D eigenvalue weighted by Crippen LogP contribution is 2.26. The lowest BCUT2D eigenvalue weighted by Gasteiger charge is -1.93. The number of aromatic nitrogens is 2. The number of para-hydroxylation sites is 1. The van der Waals surface area contributed by atoms with Gasteiger partial charge < -0.3 is 0 Å². The molecule has 0 aliphatic rings. The van der Waals surface area contributed by atoms with Crippen LogP contribution in [0.1, 0.15) is 0 Å². The average Bonchev–Trinajstić information content (AvgIpc) is 2.63. The average molecular weight is 196 g/mol. The first-order chi connectivity index (χ1) is 7.42. The van der Waals surface area contributed by atoms with Crippen LogP contribution in [-0.4, -0.2) is 16.0 Å². The fraction of sp³-hybridized carbons (Fsp3) is 0. The van der Waals surface area contributed by atoms with Gasteiger partial charge in [0.05, 0.1) is 17.2 Å². The van der Waals surface area contributed by atoms with Crippen molar-refractivity contribution in [1.29, 1.82) is 0 Å². The predicted octanol–water partition coefficient (Wildman–Crippen LogP) is 2.23. The van der Waals surface area contributed by atoms with Crippen molar-refractivity contribution in [3.8, 4) is 0 Å². The van der Waals surface area contributed by atoms with Gasteiger partial charge in [0, 0.05) is 17.0 Å². The van der Waals surface area contributed by atoms with Crippen LogP contribution in [-0.2, 0) is 4.79 Å². The van der Waals surface area contributed by atoms with Crippen LogP contribution in [0.25, 0.3) is 21.8 Å². The monoisotopic (exact) mass is 196 g/mol. The molecule has 0 bridgehead atoms. The third-order valence-electron chi connectivity index (χ3n) is 2.62. The van der Waals surface area contributed by atoms with Gasteiger partial charge in [-0.2, -0.15) is 0 Å². The minimum absolute atomic E-state index is 0.826. The van der Waals surface area contributed by atoms with Crippen LogP contribution in [0, 0.1) is 0 Å². The second-order valence-corrected chi connectivity index (χ2v) is 3.39. The zero-order chi connectivity index (χ0) is 10.3. The number of carbonyl (C=O) groups is 1. The van der Waals surface area contributed by atoms with E-state index < -0.39 is 0 Å². The summed E-state index contributed by atoms with van der Waals surface area (Å²) in [5.74, 6) is 0. The molecule has 0 spiro atoms. The Kier molecular flexibility index (Phi) is 1.59. The van der Waals surface area contributed by atoms with Crippen molar-refractivity contribution >= 4 is 28.2 Å². The fourth-order valence-electron chi connectivity index (χ4n) is 1.96. The van der Waals surface area contributed by atoms with Crippen molar-refractivity contribution < 1.29 is 4.79 Å². The molecule has 3 heteroatoms. The lowest BCUT2D eigenvalue weighted by Crippen LogP contribution is -1.93. The molecular weight excluding hydrogens is 188 g/mol. The largest absolute Gasteiger partial charge is 0.281 e. The Labute approximate surface area is 86.0 Å². The molecule has 0 N–H and O–H groups in total. The Hall–Kier alpha value is -2.16. The minimum Gasteiger partial charge on any atom is -0.281 e. The fourth-order valence-corrected chi connectivity index (χ4v) is 1.96. The summed E-state index contributed by atoms with van der Waals surface area (Å²) in [6.45, 7) is 0. The number of benzene rings is 1. The van der Waals surface area contributed by atoms with Crippen LogP contribution in [0.3, 0.4) is 0 Å². The van der Waals surface area contributed by atoms with E-state index in [9.17, 15) is 4.79 Å². The lowest BCUT2D eigenvalue weighted by atomic mass is 10.2. The summed E-state index contributed by atoms with van der Waals surface area (Å²) in [6, 6.07) is 9.77. The molecule has 1 aromatic carbocycles. The van der Waals surface area contributed by atoms with E-state index in [1.54, 1.807) is 17.0 Å². The summed E-state index contributed by atoms with van der Waals surface area (Å²) < 4.78 is 1.62. The highest BCUT2D eigenvalue weighted by atomic mass is 16.1. The molecule has 0 radical (unpaired) electrons. The molecule has 3 nitrogen and oxygen atoms in total. The van der Waals surface area contributed by atoms with Crippen LogP contribution in [0.15, 0.2) is 42.7 Å². The maximum atomic E-state index is 11.0. The molecule has 2 heterocycles. The zero-order valence-corrected chi connectivity index (χ0v) is 7.92. The lowest BCUT2D eigenvalue weighted by molar-refractivity contribution is 0.550. The Morgan fingerprint density at radius 2 is 1.87 bits per heavy atom. The van der Waals surface area contributed by atoms with E-state index in [-0.39, 0.29) is 0 Å². The second kappa shape index (κ2) is 2.92. The van der Waals surface area contributed by atoms with Gasteiger partial charge in [-0.25, -0.2) is 0 Å². The number of hydrogen-bond acceptors (Lipinski definition) is 2. The Balaban J connectivity index is 2.68. The molecule has 0 saturated heterocycles. The van der Waals surface area contributed by atoms with Crippen molar-refractivity contribution in [1.82, 2.24) is 9.55 Å². The summed E-state index contributed by atoms with van der Waals surface area (Å²) in [5, 5.41) is 2.15. The zero-order valence-electron chi connectivity index (χ0n) is 7.92. The highest BCUT2D eigenvalue weighted by Gasteiger charge is 2.08. The Bertz CT molecular complexity index is 602. The van der Waals surface area contributed by atoms with Crippen molar-refractivity contribution in [3.05, 3.63) is 42.7 Å². The van der Waals surface area contributed by atoms with E-state index in [4.69, 9.17) is 0 Å². The van der Waals surface area contributed by atoms with Gasteiger partial charge in [0.25, 0.3) is 0 Å². The molecule has 0 aliphatic carbocycles. The van der Waals surface area contributed by atoms with Gasteiger partial charge in [0.2, 0.25) is 6.41 Å². The number of carbonyl (C=O) groups excluding carboxylic acids is 1. The van der Waals surface area contributed by atoms with Gasteiger partial charge in [-0.05, 0) is 12.1 Å². The topological polar surface area (TPSA) is 34.9 Å². The maximum Gasteiger partial charge on any atom is 0.218 e. The smallest absolute Gasteiger partial charge is 0.218 e. The van der Waals surface area contributed by atoms with Crippen molar-refractivity contribution in [2.45, 2.75) is 0 Å². The molecule has 15 heavy (non-hydrogen) atoms. The quantitative estimate of drug-likeness (QED) is 0.559. The SMILES string of the molecule is O=Cn1c2ccccc2c2ccncc21. The number of pyridine rings is 1. The molecule has 0 aliphatic heterocycles. The van der Waals surface area contributed by atoms with E-state index in [0.717, 1.165) is 28.2 Å². The van der Waals surface area contributed by atoms with E-state index in [1.807, 2.05) is 30.3 Å². The maximum absolute atomic E-state index is 11.0. The number of rotatable bonds is 1. The molecule has 3 aromatic rings. The van der Waals surface area contributed by atoms with Crippen LogP contribution < -0.4 is 0 Å². The molecule has 0 saturated carbocycles. The molecule has 3 rings (SSSR count). The van der Waals surface area contributed by atoms with Gasteiger partial charge >= 0.3 is 0 Å². The number of fused-ring (bicyclic) bond motifs is 3. The number of nitrogens with zero attached hydrogens (tertiary/aromatic N) is 2. The summed E-state index contributed by atoms with van der Waals surface area (Å²) in [5.41, 5.74) is 1.78. The summed E-state index contributed by atoms with van der Waals surface area (Å²) in [4.78, 5) is 15.1. The first-order valence-electron chi connectivity index (χ1n) is 4.70. The van der Waals surface area contributed by atoms with Crippen molar-refractivity contribution in [3.63, 3.8) is 0 Å². The van der Waals surface area contributed by atoms with Gasteiger partial charge in [0.1, 0.15) is 0 Å². The molecule has 72 valence electrons. The summed E-state index contributed by atoms with van der Waals surface area (Å²) >= 11 is 0. The summed E-state index contributed by atoms with van der Waals surface area (Å²) in [6.07, 6.45) is 4.28. The van der Waals surface area contributed by atoms with Crippen molar-refractivity contribution in [2.75, 3.05) is 0 Å². The van der Waals surface area contributed by atoms with Gasteiger partial charge in [-0.3, -0.25) is 14.3 Å². The molecule has 0 fully saturated rings. The van der Waals surface area contributed by atoms with Crippen LogP contribution in [0.4, 0.5) is 0 Å².